The Morgan fingerprint density at radius 1 is 1.03 bits per heavy atom. The number of para-hydroxylation sites is 1. The Kier molecular flexibility index (Phi) is 8.20. The fourth-order valence-corrected chi connectivity index (χ4v) is 4.79. The number of benzene rings is 1. The highest BCUT2D eigenvalue weighted by molar-refractivity contribution is 6.00. The molecule has 32 heavy (non-hydrogen) atoms. The lowest BCUT2D eigenvalue weighted by molar-refractivity contribution is -0.136. The summed E-state index contributed by atoms with van der Waals surface area (Å²) < 4.78 is 0. The highest BCUT2D eigenvalue weighted by Crippen LogP contribution is 2.19. The van der Waals surface area contributed by atoms with Gasteiger partial charge in [0.15, 0.2) is 0 Å². The summed E-state index contributed by atoms with van der Waals surface area (Å²) in [6.07, 6.45) is 2.42. The van der Waals surface area contributed by atoms with Crippen LogP contribution in [0.2, 0.25) is 0 Å². The average Bonchev–Trinajstić information content (AvgIpc) is 3.22. The molecule has 1 aromatic carbocycles. The fraction of sp³-hybridized carbons (Fsp3) is 0.583. The number of hydrogen-bond acceptors (Lipinski definition) is 4. The number of carbonyl (C=O) groups excluding carboxylic acids is 2. The van der Waals surface area contributed by atoms with Crippen molar-refractivity contribution in [1.82, 2.24) is 25.0 Å². The van der Waals surface area contributed by atoms with Crippen molar-refractivity contribution in [2.75, 3.05) is 46.3 Å². The van der Waals surface area contributed by atoms with Gasteiger partial charge in [-0.25, -0.2) is 0 Å². The number of likely N-dealkylation sites (tertiary alicyclic amines) is 1. The number of halogens is 1. The summed E-state index contributed by atoms with van der Waals surface area (Å²) >= 11 is 0. The number of rotatable bonds is 5. The first-order valence-electron chi connectivity index (χ1n) is 11.5. The highest BCUT2D eigenvalue weighted by atomic mass is 35.5. The van der Waals surface area contributed by atoms with Crippen LogP contribution >= 0.6 is 12.4 Å². The Bertz CT molecular complexity index is 881. The monoisotopic (exact) mass is 461 g/mol. The van der Waals surface area contributed by atoms with Gasteiger partial charge in [-0.15, -0.1) is 12.4 Å². The molecule has 7 nitrogen and oxygen atoms in total. The third kappa shape index (κ3) is 5.45. The number of amides is 2. The minimum Gasteiger partial charge on any atom is -0.351 e. The van der Waals surface area contributed by atoms with Gasteiger partial charge in [0.1, 0.15) is 11.7 Å². The van der Waals surface area contributed by atoms with Gasteiger partial charge in [-0.3, -0.25) is 14.5 Å². The van der Waals surface area contributed by atoms with Gasteiger partial charge in [0, 0.05) is 43.1 Å². The van der Waals surface area contributed by atoms with E-state index in [-0.39, 0.29) is 30.1 Å². The van der Waals surface area contributed by atoms with E-state index >= 15 is 0 Å². The van der Waals surface area contributed by atoms with Crippen LogP contribution in [0.4, 0.5) is 0 Å². The standard InChI is InChI=1S/C24H35N5O2.ClH/c1-17(2)22(26-23(30)21-16-18-6-4-5-7-20(18)25-21)24(31)29-14-12-28(13-15-29)19-8-10-27(3)11-9-19;/h4-7,16-17,19,22,25H,8-15H2,1-3H3,(H,26,30);1H/t22-;/m1./s1. The van der Waals surface area contributed by atoms with Gasteiger partial charge in [-0.05, 0) is 51.0 Å². The number of nitrogens with one attached hydrogen (secondary N) is 2. The zero-order chi connectivity index (χ0) is 22.0. The molecule has 4 rings (SSSR count). The van der Waals surface area contributed by atoms with Crippen molar-refractivity contribution in [1.29, 1.82) is 0 Å². The molecule has 2 aliphatic rings. The number of aromatic amines is 1. The number of hydrogen-bond donors (Lipinski definition) is 2. The maximum Gasteiger partial charge on any atom is 0.268 e. The molecule has 0 spiro atoms. The Balaban J connectivity index is 0.00000289. The minimum atomic E-state index is -0.520. The third-order valence-corrected chi connectivity index (χ3v) is 6.82. The lowest BCUT2D eigenvalue weighted by Crippen LogP contribution is -2.58. The predicted octanol–water partition coefficient (Wildman–Crippen LogP) is 2.58. The molecule has 0 saturated carbocycles. The van der Waals surface area contributed by atoms with E-state index in [4.69, 9.17) is 0 Å². The normalized spacial score (nSPS) is 19.7. The second-order valence-corrected chi connectivity index (χ2v) is 9.36. The number of H-pyrrole nitrogens is 1. The molecule has 2 fully saturated rings. The molecule has 0 radical (unpaired) electrons. The summed E-state index contributed by atoms with van der Waals surface area (Å²) in [5, 5.41) is 3.98. The van der Waals surface area contributed by atoms with Gasteiger partial charge in [0.05, 0.1) is 0 Å². The molecular formula is C24H36ClN5O2. The smallest absolute Gasteiger partial charge is 0.268 e. The fourth-order valence-electron chi connectivity index (χ4n) is 4.79. The van der Waals surface area contributed by atoms with Gasteiger partial charge in [-0.2, -0.15) is 0 Å². The van der Waals surface area contributed by atoms with Crippen molar-refractivity contribution in [3.05, 3.63) is 36.0 Å². The molecule has 2 saturated heterocycles. The quantitative estimate of drug-likeness (QED) is 0.717. The number of carbonyl (C=O) groups is 2. The molecule has 176 valence electrons. The van der Waals surface area contributed by atoms with Crippen LogP contribution in [-0.2, 0) is 4.79 Å². The van der Waals surface area contributed by atoms with Gasteiger partial charge in [-0.1, -0.05) is 32.0 Å². The van der Waals surface area contributed by atoms with E-state index in [1.54, 1.807) is 0 Å². The van der Waals surface area contributed by atoms with Gasteiger partial charge in [0.25, 0.3) is 5.91 Å². The zero-order valence-corrected chi connectivity index (χ0v) is 20.2. The summed E-state index contributed by atoms with van der Waals surface area (Å²) in [4.78, 5) is 36.2. The number of piperazine rings is 1. The first kappa shape index (κ1) is 24.6. The van der Waals surface area contributed by atoms with E-state index in [0.29, 0.717) is 11.7 Å². The molecular weight excluding hydrogens is 426 g/mol. The van der Waals surface area contributed by atoms with Crippen LogP contribution in [0.5, 0.6) is 0 Å². The molecule has 0 unspecified atom stereocenters. The average molecular weight is 462 g/mol. The summed E-state index contributed by atoms with van der Waals surface area (Å²) in [6.45, 7) is 9.58. The Morgan fingerprint density at radius 2 is 1.69 bits per heavy atom. The van der Waals surface area contributed by atoms with E-state index < -0.39 is 6.04 Å². The van der Waals surface area contributed by atoms with Crippen LogP contribution < -0.4 is 5.32 Å². The lowest BCUT2D eigenvalue weighted by atomic mass is 10.0. The lowest BCUT2D eigenvalue weighted by Gasteiger charge is -2.43. The molecule has 2 N–H and O–H groups in total. The molecule has 8 heteroatoms. The number of fused-ring (bicyclic) bond motifs is 1. The SMILES string of the molecule is CC(C)[C@@H](NC(=O)c1cc2ccccc2[nH]1)C(=O)N1CCN(C2CCN(C)CC2)CC1.Cl. The number of piperidine rings is 1. The van der Waals surface area contributed by atoms with E-state index in [2.05, 4.69) is 27.1 Å². The highest BCUT2D eigenvalue weighted by Gasteiger charge is 2.33. The second-order valence-electron chi connectivity index (χ2n) is 9.36. The summed E-state index contributed by atoms with van der Waals surface area (Å²) in [7, 11) is 2.18. The topological polar surface area (TPSA) is 71.7 Å². The first-order valence-corrected chi connectivity index (χ1v) is 11.5. The molecule has 1 aromatic heterocycles. The molecule has 0 bridgehead atoms. The Hall–Kier alpha value is -2.09. The van der Waals surface area contributed by atoms with Crippen molar-refractivity contribution in [2.24, 2.45) is 5.92 Å². The number of aromatic nitrogens is 1. The van der Waals surface area contributed by atoms with E-state index in [0.717, 1.165) is 50.2 Å². The van der Waals surface area contributed by atoms with E-state index in [1.165, 1.54) is 12.8 Å². The van der Waals surface area contributed by atoms with Crippen LogP contribution in [0, 0.1) is 5.92 Å². The van der Waals surface area contributed by atoms with Crippen molar-refractivity contribution < 1.29 is 9.59 Å². The van der Waals surface area contributed by atoms with Crippen molar-refractivity contribution in [3.8, 4) is 0 Å². The van der Waals surface area contributed by atoms with Gasteiger partial charge < -0.3 is 20.1 Å². The third-order valence-electron chi connectivity index (χ3n) is 6.82. The van der Waals surface area contributed by atoms with E-state index in [1.807, 2.05) is 49.1 Å². The van der Waals surface area contributed by atoms with Crippen LogP contribution in [0.3, 0.4) is 0 Å². The second kappa shape index (κ2) is 10.7. The van der Waals surface area contributed by atoms with Crippen molar-refractivity contribution in [2.45, 2.75) is 38.8 Å². The molecule has 0 aliphatic carbocycles. The molecule has 1 atom stereocenters. The number of nitrogens with zero attached hydrogens (tertiary/aromatic N) is 3. The van der Waals surface area contributed by atoms with Crippen LogP contribution in [0.25, 0.3) is 10.9 Å². The molecule has 2 aromatic rings. The Morgan fingerprint density at radius 3 is 2.31 bits per heavy atom. The first-order chi connectivity index (χ1) is 14.9. The summed E-state index contributed by atoms with van der Waals surface area (Å²) in [6, 6.07) is 9.76. The summed E-state index contributed by atoms with van der Waals surface area (Å²) in [5.41, 5.74) is 1.41. The zero-order valence-electron chi connectivity index (χ0n) is 19.3. The van der Waals surface area contributed by atoms with Crippen LogP contribution in [-0.4, -0.2) is 89.9 Å². The van der Waals surface area contributed by atoms with Crippen LogP contribution in [0.15, 0.2) is 30.3 Å². The molecule has 3 heterocycles. The Labute approximate surface area is 196 Å². The largest absolute Gasteiger partial charge is 0.351 e. The molecule has 2 aliphatic heterocycles. The predicted molar refractivity (Wildman–Crippen MR) is 130 cm³/mol. The van der Waals surface area contributed by atoms with Crippen LogP contribution in [0.1, 0.15) is 37.2 Å². The maximum atomic E-state index is 13.3. The van der Waals surface area contributed by atoms with E-state index in [9.17, 15) is 9.59 Å². The molecule has 2 amide bonds. The maximum absolute atomic E-state index is 13.3. The van der Waals surface area contributed by atoms with Gasteiger partial charge in [0.2, 0.25) is 5.91 Å². The van der Waals surface area contributed by atoms with Crippen molar-refractivity contribution in [3.63, 3.8) is 0 Å². The minimum absolute atomic E-state index is 0. The van der Waals surface area contributed by atoms with Gasteiger partial charge >= 0.3 is 0 Å². The van der Waals surface area contributed by atoms with Crippen molar-refractivity contribution >= 4 is 35.1 Å². The summed E-state index contributed by atoms with van der Waals surface area (Å²) in [5.74, 6) is -0.177.